The standard InChI is InChI=1S/C26H26F2O/c27-22-12-15-25(28)24(18-22)26(16-6-1-2-7-17-26)21-10-13-23(14-11-21)29-19-20-8-4-3-5-9-20/h3-5,8-15,18H,1-2,6-7,16-17,19H2. The van der Waals surface area contributed by atoms with Crippen LogP contribution in [0.5, 0.6) is 5.75 Å². The summed E-state index contributed by atoms with van der Waals surface area (Å²) in [5, 5.41) is 0. The first-order valence-corrected chi connectivity index (χ1v) is 10.4. The lowest BCUT2D eigenvalue weighted by atomic mass is 9.69. The van der Waals surface area contributed by atoms with Crippen molar-refractivity contribution >= 4 is 0 Å². The van der Waals surface area contributed by atoms with Gasteiger partial charge in [0.05, 0.1) is 0 Å². The van der Waals surface area contributed by atoms with Gasteiger partial charge in [0.15, 0.2) is 0 Å². The topological polar surface area (TPSA) is 9.23 Å². The molecule has 1 aliphatic rings. The number of rotatable bonds is 5. The summed E-state index contributed by atoms with van der Waals surface area (Å²) in [5.74, 6) is 0.0756. The number of hydrogen-bond acceptors (Lipinski definition) is 1. The fourth-order valence-corrected chi connectivity index (χ4v) is 4.52. The van der Waals surface area contributed by atoms with E-state index in [0.717, 1.165) is 55.4 Å². The first-order chi connectivity index (χ1) is 14.2. The normalized spacial score (nSPS) is 16.2. The van der Waals surface area contributed by atoms with Crippen molar-refractivity contribution < 1.29 is 13.5 Å². The lowest BCUT2D eigenvalue weighted by Gasteiger charge is -2.34. The van der Waals surface area contributed by atoms with Gasteiger partial charge in [-0.1, -0.05) is 68.1 Å². The van der Waals surface area contributed by atoms with Crippen molar-refractivity contribution in [3.63, 3.8) is 0 Å². The largest absolute Gasteiger partial charge is 0.489 e. The Balaban J connectivity index is 1.63. The van der Waals surface area contributed by atoms with Crippen LogP contribution in [-0.2, 0) is 12.0 Å². The van der Waals surface area contributed by atoms with Crippen LogP contribution in [0, 0.1) is 11.6 Å². The molecule has 1 aliphatic carbocycles. The smallest absolute Gasteiger partial charge is 0.127 e. The lowest BCUT2D eigenvalue weighted by molar-refractivity contribution is 0.306. The number of halogens is 2. The molecule has 1 nitrogen and oxygen atoms in total. The Morgan fingerprint density at radius 1 is 0.759 bits per heavy atom. The Kier molecular flexibility index (Phi) is 5.94. The molecule has 0 saturated heterocycles. The van der Waals surface area contributed by atoms with E-state index in [4.69, 9.17) is 4.74 Å². The molecule has 0 aromatic heterocycles. The second kappa shape index (κ2) is 8.77. The zero-order valence-electron chi connectivity index (χ0n) is 16.5. The molecule has 0 atom stereocenters. The summed E-state index contributed by atoms with van der Waals surface area (Å²) in [5.41, 5.74) is 2.15. The minimum atomic E-state index is -0.485. The van der Waals surface area contributed by atoms with Crippen molar-refractivity contribution in [2.75, 3.05) is 0 Å². The predicted molar refractivity (Wildman–Crippen MR) is 112 cm³/mol. The van der Waals surface area contributed by atoms with Crippen LogP contribution < -0.4 is 4.74 Å². The van der Waals surface area contributed by atoms with E-state index in [0.29, 0.717) is 12.2 Å². The molecule has 0 radical (unpaired) electrons. The van der Waals surface area contributed by atoms with E-state index in [9.17, 15) is 8.78 Å². The fourth-order valence-electron chi connectivity index (χ4n) is 4.52. The van der Waals surface area contributed by atoms with Gasteiger partial charge in [0.1, 0.15) is 24.0 Å². The van der Waals surface area contributed by atoms with E-state index in [1.807, 2.05) is 54.6 Å². The van der Waals surface area contributed by atoms with Crippen LogP contribution in [0.1, 0.15) is 55.2 Å². The molecule has 0 heterocycles. The summed E-state index contributed by atoms with van der Waals surface area (Å²) in [7, 11) is 0. The van der Waals surface area contributed by atoms with Crippen LogP contribution >= 0.6 is 0 Å². The van der Waals surface area contributed by atoms with Crippen molar-refractivity contribution in [3.8, 4) is 5.75 Å². The molecular weight excluding hydrogens is 366 g/mol. The molecule has 0 bridgehead atoms. The van der Waals surface area contributed by atoms with E-state index in [1.54, 1.807) is 0 Å². The van der Waals surface area contributed by atoms with Gasteiger partial charge in [-0.2, -0.15) is 0 Å². The zero-order chi connectivity index (χ0) is 20.1. The first-order valence-electron chi connectivity index (χ1n) is 10.4. The number of hydrogen-bond donors (Lipinski definition) is 0. The molecule has 0 spiro atoms. The molecule has 1 fully saturated rings. The molecule has 0 amide bonds. The van der Waals surface area contributed by atoms with E-state index < -0.39 is 5.41 Å². The highest BCUT2D eigenvalue weighted by atomic mass is 19.1. The van der Waals surface area contributed by atoms with Gasteiger partial charge in [0.2, 0.25) is 0 Å². The van der Waals surface area contributed by atoms with Crippen molar-refractivity contribution in [2.24, 2.45) is 0 Å². The van der Waals surface area contributed by atoms with Gasteiger partial charge in [-0.25, -0.2) is 8.78 Å². The minimum Gasteiger partial charge on any atom is -0.489 e. The average molecular weight is 392 g/mol. The Labute approximate surface area is 171 Å². The third-order valence-corrected chi connectivity index (χ3v) is 6.06. The highest BCUT2D eigenvalue weighted by Gasteiger charge is 2.37. The van der Waals surface area contributed by atoms with Gasteiger partial charge in [-0.05, 0) is 54.3 Å². The quantitative estimate of drug-likeness (QED) is 0.418. The highest BCUT2D eigenvalue weighted by molar-refractivity contribution is 5.42. The second-order valence-corrected chi connectivity index (χ2v) is 7.92. The summed E-state index contributed by atoms with van der Waals surface area (Å²) in [6.45, 7) is 0.504. The molecule has 3 aromatic carbocycles. The molecule has 0 N–H and O–H groups in total. The molecule has 0 unspecified atom stereocenters. The van der Waals surface area contributed by atoms with Crippen LogP contribution in [0.3, 0.4) is 0 Å². The maximum Gasteiger partial charge on any atom is 0.127 e. The van der Waals surface area contributed by atoms with Gasteiger partial charge >= 0.3 is 0 Å². The Bertz CT molecular complexity index is 927. The van der Waals surface area contributed by atoms with Gasteiger partial charge < -0.3 is 4.74 Å². The fraction of sp³-hybridized carbons (Fsp3) is 0.308. The van der Waals surface area contributed by atoms with Gasteiger partial charge in [0, 0.05) is 11.0 Å². The van der Waals surface area contributed by atoms with Crippen LogP contribution in [0.25, 0.3) is 0 Å². The lowest BCUT2D eigenvalue weighted by Crippen LogP contribution is -2.28. The summed E-state index contributed by atoms with van der Waals surface area (Å²) in [6.07, 6.45) is 5.97. The van der Waals surface area contributed by atoms with E-state index in [1.165, 1.54) is 18.2 Å². The van der Waals surface area contributed by atoms with Crippen LogP contribution in [0.2, 0.25) is 0 Å². The summed E-state index contributed by atoms with van der Waals surface area (Å²) in [4.78, 5) is 0. The molecule has 29 heavy (non-hydrogen) atoms. The average Bonchev–Trinajstić information content (AvgIpc) is 3.02. The second-order valence-electron chi connectivity index (χ2n) is 7.92. The van der Waals surface area contributed by atoms with E-state index in [-0.39, 0.29) is 11.6 Å². The molecule has 150 valence electrons. The maximum atomic E-state index is 14.8. The van der Waals surface area contributed by atoms with Crippen LogP contribution in [-0.4, -0.2) is 0 Å². The summed E-state index contributed by atoms with van der Waals surface area (Å²) in [6, 6.07) is 21.8. The Morgan fingerprint density at radius 3 is 2.14 bits per heavy atom. The third-order valence-electron chi connectivity index (χ3n) is 6.06. The van der Waals surface area contributed by atoms with E-state index in [2.05, 4.69) is 0 Å². The Morgan fingerprint density at radius 2 is 1.45 bits per heavy atom. The van der Waals surface area contributed by atoms with Crippen molar-refractivity contribution in [3.05, 3.63) is 101 Å². The predicted octanol–water partition coefficient (Wildman–Crippen LogP) is 7.18. The monoisotopic (exact) mass is 392 g/mol. The maximum absolute atomic E-state index is 14.8. The molecule has 4 rings (SSSR count). The van der Waals surface area contributed by atoms with Crippen molar-refractivity contribution in [2.45, 2.75) is 50.5 Å². The molecular formula is C26H26F2O. The van der Waals surface area contributed by atoms with Crippen molar-refractivity contribution in [1.82, 2.24) is 0 Å². The van der Waals surface area contributed by atoms with Crippen LogP contribution in [0.15, 0.2) is 72.8 Å². The SMILES string of the molecule is Fc1ccc(F)c(C2(c3ccc(OCc4ccccc4)cc3)CCCCCC2)c1. The molecule has 3 aromatic rings. The Hall–Kier alpha value is -2.68. The third kappa shape index (κ3) is 4.34. The first kappa shape index (κ1) is 19.6. The zero-order valence-corrected chi connectivity index (χ0v) is 16.5. The van der Waals surface area contributed by atoms with Crippen LogP contribution in [0.4, 0.5) is 8.78 Å². The molecule has 1 saturated carbocycles. The number of benzene rings is 3. The molecule has 3 heteroatoms. The van der Waals surface area contributed by atoms with Gasteiger partial charge in [-0.15, -0.1) is 0 Å². The van der Waals surface area contributed by atoms with E-state index >= 15 is 0 Å². The highest BCUT2D eigenvalue weighted by Crippen LogP contribution is 2.45. The van der Waals surface area contributed by atoms with Gasteiger partial charge in [0.25, 0.3) is 0 Å². The number of ether oxygens (including phenoxy) is 1. The molecule has 0 aliphatic heterocycles. The minimum absolute atomic E-state index is 0.322. The van der Waals surface area contributed by atoms with Crippen molar-refractivity contribution in [1.29, 1.82) is 0 Å². The van der Waals surface area contributed by atoms with Gasteiger partial charge in [-0.3, -0.25) is 0 Å². The summed E-state index contributed by atoms with van der Waals surface area (Å²) >= 11 is 0. The summed E-state index contributed by atoms with van der Waals surface area (Å²) < 4.78 is 34.7.